The molecule has 2 heterocycles. The zero-order valence-corrected chi connectivity index (χ0v) is 21.6. The fraction of sp³-hybridized carbons (Fsp3) is 0.800. The highest BCUT2D eigenvalue weighted by Crippen LogP contribution is 2.45. The first-order chi connectivity index (χ1) is 16.4. The average molecular weight is 475 g/mol. The van der Waals surface area contributed by atoms with Gasteiger partial charge in [0.15, 0.2) is 0 Å². The summed E-state index contributed by atoms with van der Waals surface area (Å²) in [6.45, 7) is 7.58. The Morgan fingerprint density at radius 2 is 1.97 bits per heavy atom. The van der Waals surface area contributed by atoms with E-state index < -0.39 is 5.92 Å². The smallest absolute Gasteiger partial charge is 0.240 e. The number of amides is 1. The second kappa shape index (κ2) is 12.1. The van der Waals surface area contributed by atoms with Gasteiger partial charge in [-0.15, -0.1) is 0 Å². The Labute approximate surface area is 204 Å². The van der Waals surface area contributed by atoms with E-state index in [0.29, 0.717) is 38.8 Å². The van der Waals surface area contributed by atoms with Crippen LogP contribution in [-0.2, 0) is 33.9 Å². The molecule has 1 amide bonds. The van der Waals surface area contributed by atoms with Crippen molar-refractivity contribution in [2.24, 2.45) is 11.3 Å². The minimum Gasteiger partial charge on any atom is -0.384 e. The SMILES string of the molecule is CNCCN(C)Cc1nn2c(c1C1CCC(COC)(COC)CC1)CN(C(=O)C(C)C#N)CC2. The number of nitrogens with one attached hydrogen (secondary N) is 1. The quantitative estimate of drug-likeness (QED) is 0.524. The Balaban J connectivity index is 1.87. The van der Waals surface area contributed by atoms with Gasteiger partial charge in [-0.05, 0) is 52.6 Å². The Morgan fingerprint density at radius 3 is 2.56 bits per heavy atom. The molecule has 1 aliphatic carbocycles. The van der Waals surface area contributed by atoms with Gasteiger partial charge in [-0.3, -0.25) is 14.4 Å². The number of carbonyl (C=O) groups is 1. The van der Waals surface area contributed by atoms with Crippen molar-refractivity contribution in [3.8, 4) is 6.07 Å². The summed E-state index contributed by atoms with van der Waals surface area (Å²) in [5.41, 5.74) is 3.67. The second-order valence-electron chi connectivity index (χ2n) is 10.1. The molecule has 0 bridgehead atoms. The van der Waals surface area contributed by atoms with Crippen LogP contribution in [0.5, 0.6) is 0 Å². The van der Waals surface area contributed by atoms with Crippen molar-refractivity contribution >= 4 is 5.91 Å². The molecule has 1 unspecified atom stereocenters. The Kier molecular flexibility index (Phi) is 9.48. The van der Waals surface area contributed by atoms with Crippen LogP contribution in [0.2, 0.25) is 0 Å². The number of nitriles is 1. The maximum atomic E-state index is 12.8. The first kappa shape index (κ1) is 26.6. The summed E-state index contributed by atoms with van der Waals surface area (Å²) in [5, 5.41) is 17.5. The van der Waals surface area contributed by atoms with Crippen LogP contribution in [-0.4, -0.2) is 86.7 Å². The molecule has 9 heteroatoms. The van der Waals surface area contributed by atoms with Gasteiger partial charge in [0.05, 0.1) is 43.8 Å². The van der Waals surface area contributed by atoms with Crippen LogP contribution in [0.15, 0.2) is 0 Å². The Hall–Kier alpha value is -1.99. The minimum absolute atomic E-state index is 0.0706. The lowest BCUT2D eigenvalue weighted by Crippen LogP contribution is -2.41. The number of rotatable bonds is 11. The van der Waals surface area contributed by atoms with E-state index in [0.717, 1.165) is 56.7 Å². The molecule has 3 rings (SSSR count). The van der Waals surface area contributed by atoms with E-state index in [1.54, 1.807) is 21.1 Å². The van der Waals surface area contributed by atoms with Gasteiger partial charge < -0.3 is 19.7 Å². The molecule has 1 aliphatic heterocycles. The molecule has 9 nitrogen and oxygen atoms in total. The van der Waals surface area contributed by atoms with Crippen molar-refractivity contribution in [3.63, 3.8) is 0 Å². The lowest BCUT2D eigenvalue weighted by molar-refractivity contribution is -0.134. The Bertz CT molecular complexity index is 848. The molecule has 1 aromatic heterocycles. The molecular weight excluding hydrogens is 432 g/mol. The van der Waals surface area contributed by atoms with Gasteiger partial charge >= 0.3 is 0 Å². The summed E-state index contributed by atoms with van der Waals surface area (Å²) in [6, 6.07) is 2.10. The van der Waals surface area contributed by atoms with Crippen molar-refractivity contribution in [2.45, 2.75) is 58.2 Å². The molecule has 0 radical (unpaired) electrons. The standard InChI is InChI=1S/C25H42N6O3/c1-19(14-26)24(32)30-12-13-31-22(16-30)23(21(28-31)15-29(3)11-10-27-2)20-6-8-25(9-7-20,17-33-4)18-34-5/h19-20,27H,6-13,15-18H2,1-5H3. The average Bonchev–Trinajstić information content (AvgIpc) is 3.19. The van der Waals surface area contributed by atoms with Gasteiger partial charge in [0.25, 0.3) is 0 Å². The third-order valence-electron chi connectivity index (χ3n) is 7.49. The summed E-state index contributed by atoms with van der Waals surface area (Å²) >= 11 is 0. The van der Waals surface area contributed by atoms with Crippen LogP contribution in [0.25, 0.3) is 0 Å². The monoisotopic (exact) mass is 474 g/mol. The molecule has 1 N–H and O–H groups in total. The number of hydrogen-bond acceptors (Lipinski definition) is 7. The molecule has 1 atom stereocenters. The van der Waals surface area contributed by atoms with Gasteiger partial charge in [-0.2, -0.15) is 10.4 Å². The summed E-state index contributed by atoms with van der Waals surface area (Å²) in [7, 11) is 7.64. The van der Waals surface area contributed by atoms with E-state index in [4.69, 9.17) is 14.6 Å². The van der Waals surface area contributed by atoms with E-state index >= 15 is 0 Å². The van der Waals surface area contributed by atoms with Crippen molar-refractivity contribution in [1.82, 2.24) is 24.9 Å². The Morgan fingerprint density at radius 1 is 1.29 bits per heavy atom. The first-order valence-corrected chi connectivity index (χ1v) is 12.5. The summed E-state index contributed by atoms with van der Waals surface area (Å²) < 4.78 is 13.2. The zero-order chi connectivity index (χ0) is 24.7. The van der Waals surface area contributed by atoms with Gasteiger partial charge in [0.1, 0.15) is 5.92 Å². The molecule has 190 valence electrons. The van der Waals surface area contributed by atoms with Crippen molar-refractivity contribution in [3.05, 3.63) is 17.0 Å². The van der Waals surface area contributed by atoms with Gasteiger partial charge in [0, 0.05) is 51.4 Å². The maximum absolute atomic E-state index is 12.8. The third-order valence-corrected chi connectivity index (χ3v) is 7.49. The number of hydrogen-bond donors (Lipinski definition) is 1. The topological polar surface area (TPSA) is 95.7 Å². The van der Waals surface area contributed by atoms with Crippen LogP contribution in [0.4, 0.5) is 0 Å². The van der Waals surface area contributed by atoms with Crippen LogP contribution in [0, 0.1) is 22.7 Å². The minimum atomic E-state index is -0.622. The van der Waals surface area contributed by atoms with Crippen LogP contribution in [0.3, 0.4) is 0 Å². The van der Waals surface area contributed by atoms with Crippen LogP contribution >= 0.6 is 0 Å². The zero-order valence-electron chi connectivity index (χ0n) is 21.6. The summed E-state index contributed by atoms with van der Waals surface area (Å²) in [4.78, 5) is 16.9. The highest BCUT2D eigenvalue weighted by molar-refractivity contribution is 5.80. The largest absolute Gasteiger partial charge is 0.384 e. The highest BCUT2D eigenvalue weighted by atomic mass is 16.5. The number of fused-ring (bicyclic) bond motifs is 1. The summed E-state index contributed by atoms with van der Waals surface area (Å²) in [5.74, 6) is -0.304. The van der Waals surface area contributed by atoms with Crippen molar-refractivity contribution < 1.29 is 14.3 Å². The molecule has 34 heavy (non-hydrogen) atoms. The number of nitrogens with zero attached hydrogens (tertiary/aromatic N) is 5. The van der Waals surface area contributed by atoms with Crippen molar-refractivity contribution in [1.29, 1.82) is 5.26 Å². The summed E-state index contributed by atoms with van der Waals surface area (Å²) in [6.07, 6.45) is 4.21. The van der Waals surface area contributed by atoms with Gasteiger partial charge in [-0.1, -0.05) is 0 Å². The lowest BCUT2D eigenvalue weighted by Gasteiger charge is -2.40. The number of methoxy groups -OCH3 is 2. The highest BCUT2D eigenvalue weighted by Gasteiger charge is 2.39. The van der Waals surface area contributed by atoms with Gasteiger partial charge in [-0.25, -0.2) is 0 Å². The van der Waals surface area contributed by atoms with Crippen molar-refractivity contribution in [2.75, 3.05) is 61.2 Å². The third kappa shape index (κ3) is 5.98. The van der Waals surface area contributed by atoms with E-state index in [-0.39, 0.29) is 11.3 Å². The van der Waals surface area contributed by atoms with E-state index in [1.165, 1.54) is 5.56 Å². The number of carbonyl (C=O) groups excluding carboxylic acids is 1. The molecule has 2 aliphatic rings. The predicted molar refractivity (Wildman–Crippen MR) is 130 cm³/mol. The van der Waals surface area contributed by atoms with E-state index in [9.17, 15) is 10.1 Å². The van der Waals surface area contributed by atoms with Gasteiger partial charge in [0.2, 0.25) is 5.91 Å². The number of likely N-dealkylation sites (N-methyl/N-ethyl adjacent to an activating group) is 2. The number of ether oxygens (including phenoxy) is 2. The molecule has 0 saturated heterocycles. The van der Waals surface area contributed by atoms with Crippen LogP contribution < -0.4 is 5.32 Å². The fourth-order valence-electron chi connectivity index (χ4n) is 5.60. The fourth-order valence-corrected chi connectivity index (χ4v) is 5.60. The maximum Gasteiger partial charge on any atom is 0.240 e. The molecule has 1 saturated carbocycles. The normalized spacial score (nSPS) is 19.1. The molecular formula is C25H42N6O3. The molecule has 0 spiro atoms. The molecule has 1 fully saturated rings. The lowest BCUT2D eigenvalue weighted by atomic mass is 9.69. The number of aromatic nitrogens is 2. The van der Waals surface area contributed by atoms with Crippen LogP contribution in [0.1, 0.15) is 55.5 Å². The molecule has 1 aromatic rings. The predicted octanol–water partition coefficient (Wildman–Crippen LogP) is 1.97. The van der Waals surface area contributed by atoms with E-state index in [2.05, 4.69) is 28.0 Å². The molecule has 0 aromatic carbocycles. The van der Waals surface area contributed by atoms with E-state index in [1.807, 2.05) is 11.9 Å². The second-order valence-corrected chi connectivity index (χ2v) is 10.1. The first-order valence-electron chi connectivity index (χ1n) is 12.5.